The van der Waals surface area contributed by atoms with Crippen LogP contribution in [0.2, 0.25) is 0 Å². The third kappa shape index (κ3) is 11.0. The third-order valence-corrected chi connectivity index (χ3v) is 15.6. The molecule has 11 rings (SSSR count). The second kappa shape index (κ2) is 20.9. The fourth-order valence-corrected chi connectivity index (χ4v) is 10.9. The molecule has 4 aromatic rings. The molecule has 3 aromatic carbocycles. The van der Waals surface area contributed by atoms with Crippen LogP contribution >= 0.6 is 0 Å². The maximum Gasteiger partial charge on any atom is 0.218 e. The van der Waals surface area contributed by atoms with Crippen molar-refractivity contribution in [1.29, 1.82) is 0 Å². The van der Waals surface area contributed by atoms with Crippen LogP contribution < -0.4 is 14.6 Å². The van der Waals surface area contributed by atoms with E-state index in [1.807, 2.05) is 7.05 Å². The number of hydrogen-bond acceptors (Lipinski definition) is 4. The van der Waals surface area contributed by atoms with Crippen molar-refractivity contribution in [3.05, 3.63) is 268 Å². The second-order valence-corrected chi connectivity index (χ2v) is 24.4. The number of allylic oxidation sites excluding steroid dienone is 18. The summed E-state index contributed by atoms with van der Waals surface area (Å²) in [5.74, 6) is 0. The van der Waals surface area contributed by atoms with Crippen LogP contribution in [0.5, 0.6) is 0 Å². The van der Waals surface area contributed by atoms with Crippen LogP contribution in [-0.4, -0.2) is 46.2 Å². The van der Waals surface area contributed by atoms with Crippen LogP contribution in [0.15, 0.2) is 239 Å². The van der Waals surface area contributed by atoms with Gasteiger partial charge in [0.25, 0.3) is 0 Å². The number of benzene rings is 3. The van der Waals surface area contributed by atoms with E-state index in [2.05, 4.69) is 282 Å². The number of unbranched alkanes of at least 4 members (excludes halogenated alkanes) is 2. The van der Waals surface area contributed by atoms with Gasteiger partial charge < -0.3 is 9.80 Å². The minimum Gasteiger partial charge on any atom is -0.357 e. The minimum atomic E-state index is 0.0152. The molecule has 1 aromatic heterocycles. The first-order chi connectivity index (χ1) is 37.4. The van der Waals surface area contributed by atoms with E-state index in [4.69, 9.17) is 9.98 Å². The van der Waals surface area contributed by atoms with Gasteiger partial charge in [0.2, 0.25) is 22.8 Å². The Morgan fingerprint density at radius 1 is 0.410 bits per heavy atom. The quantitative estimate of drug-likeness (QED) is 0.123. The number of fused-ring (bicyclic) bond motifs is 4. The van der Waals surface area contributed by atoms with Crippen molar-refractivity contribution in [3.8, 4) is 0 Å². The molecule has 0 spiro atoms. The Morgan fingerprint density at radius 2 is 0.833 bits per heavy atom. The van der Waals surface area contributed by atoms with Crippen molar-refractivity contribution >= 4 is 45.1 Å². The lowest BCUT2D eigenvalue weighted by atomic mass is 9.85. The van der Waals surface area contributed by atoms with Gasteiger partial charge in [-0.2, -0.15) is 0 Å². The van der Waals surface area contributed by atoms with Crippen molar-refractivity contribution in [2.24, 2.45) is 9.98 Å². The molecule has 7 aliphatic rings. The first-order valence-corrected chi connectivity index (χ1v) is 27.9. The zero-order chi connectivity index (χ0) is 54.3. The molecule has 8 bridgehead atoms. The van der Waals surface area contributed by atoms with Gasteiger partial charge in [0, 0.05) is 86.8 Å². The minimum absolute atomic E-state index is 0.0152. The fourth-order valence-electron chi connectivity index (χ4n) is 10.9. The van der Waals surface area contributed by atoms with E-state index in [1.54, 1.807) is 0 Å². The van der Waals surface area contributed by atoms with E-state index >= 15 is 0 Å². The van der Waals surface area contributed by atoms with Crippen LogP contribution in [-0.2, 0) is 22.8 Å². The van der Waals surface area contributed by atoms with Gasteiger partial charge in [0.15, 0.2) is 12.4 Å². The summed E-state index contributed by atoms with van der Waals surface area (Å²) in [4.78, 5) is 23.5. The van der Waals surface area contributed by atoms with E-state index < -0.39 is 0 Å². The zero-order valence-corrected chi connectivity index (χ0v) is 47.2. The zero-order valence-electron chi connectivity index (χ0n) is 47.2. The molecule has 78 heavy (non-hydrogen) atoms. The average Bonchev–Trinajstić information content (AvgIpc) is 4.38. The Kier molecular flexibility index (Phi) is 13.9. The van der Waals surface area contributed by atoms with Gasteiger partial charge in [0.05, 0.1) is 34.0 Å². The molecule has 0 amide bonds. The Bertz CT molecular complexity index is 3540. The highest BCUT2D eigenvalue weighted by Crippen LogP contribution is 2.36. The standard InChI is InChI=1S/C71H72N7/c1-69(2,3)54-20-14-50(15-21-54)65-57-26-28-59(72-57)66(51-16-22-55(23-17-51)70(4,5)6)61-30-32-63(74-61)68(64-33-31-62(75-64)67(60-29-27-58(65)73-60)52-18-24-56(25-19-52)71(7,8)9)53-38-46-78(47-39-53)41-13-11-12-40-77-44-36-49(37-45-77)48-34-42-76(10)43-35-48/h14-39,42-47H,11-13,40-41H2,1-10H3/q+1/p+2. The molecule has 7 aliphatic heterocycles. The predicted molar refractivity (Wildman–Crippen MR) is 325 cm³/mol. The molecule has 2 N–H and O–H groups in total. The highest BCUT2D eigenvalue weighted by Gasteiger charge is 2.34. The second-order valence-electron chi connectivity index (χ2n) is 24.4. The smallest absolute Gasteiger partial charge is 0.218 e. The summed E-state index contributed by atoms with van der Waals surface area (Å²) in [6.07, 6.45) is 42.8. The molecule has 0 radical (unpaired) electrons. The molecule has 0 saturated heterocycles. The lowest BCUT2D eigenvalue weighted by Gasteiger charge is -2.20. The first-order valence-electron chi connectivity index (χ1n) is 27.9. The highest BCUT2D eigenvalue weighted by atomic mass is 15.1. The van der Waals surface area contributed by atoms with Crippen molar-refractivity contribution < 1.29 is 14.6 Å². The molecule has 0 saturated carbocycles. The molecule has 0 atom stereocenters. The molecular weight excluding hydrogens is 951 g/mol. The lowest BCUT2D eigenvalue weighted by Crippen LogP contribution is -2.71. The van der Waals surface area contributed by atoms with Crippen LogP contribution in [0, 0.1) is 0 Å². The molecule has 8 heterocycles. The van der Waals surface area contributed by atoms with Crippen LogP contribution in [0.25, 0.3) is 22.3 Å². The molecule has 0 unspecified atom stereocenters. The van der Waals surface area contributed by atoms with Gasteiger partial charge in [0.1, 0.15) is 12.1 Å². The van der Waals surface area contributed by atoms with Gasteiger partial charge >= 0.3 is 0 Å². The van der Waals surface area contributed by atoms with E-state index in [0.717, 1.165) is 123 Å². The molecule has 390 valence electrons. The fraction of sp³-hybridized carbons (Fsp3) is 0.254. The summed E-state index contributed by atoms with van der Waals surface area (Å²) < 4.78 is 2.31. The third-order valence-electron chi connectivity index (χ3n) is 15.6. The Hall–Kier alpha value is -8.29. The molecular formula is C71H74N7+3. The van der Waals surface area contributed by atoms with Crippen molar-refractivity contribution in [1.82, 2.24) is 9.80 Å². The van der Waals surface area contributed by atoms with Crippen molar-refractivity contribution in [3.63, 3.8) is 0 Å². The largest absolute Gasteiger partial charge is 0.357 e. The summed E-state index contributed by atoms with van der Waals surface area (Å²) in [5.41, 5.74) is 22.5. The van der Waals surface area contributed by atoms with Gasteiger partial charge in [-0.1, -0.05) is 135 Å². The lowest BCUT2D eigenvalue weighted by molar-refractivity contribution is -0.697. The number of nitrogens with one attached hydrogen (secondary N) is 2. The first kappa shape index (κ1) is 51.8. The Labute approximate surface area is 463 Å². The number of aliphatic imine (C=N–C) groups is 2. The monoisotopic (exact) mass is 1020 g/mol. The maximum atomic E-state index is 5.60. The summed E-state index contributed by atoms with van der Waals surface area (Å²) in [7, 11) is 2.05. The summed E-state index contributed by atoms with van der Waals surface area (Å²) in [5, 5.41) is 0. The molecule has 7 heteroatoms. The number of nitrogens with zero attached hydrogens (tertiary/aromatic N) is 5. The van der Waals surface area contributed by atoms with Gasteiger partial charge in [-0.15, -0.1) is 0 Å². The molecule has 7 nitrogen and oxygen atoms in total. The highest BCUT2D eigenvalue weighted by molar-refractivity contribution is 6.37. The van der Waals surface area contributed by atoms with Crippen molar-refractivity contribution in [2.75, 3.05) is 13.6 Å². The van der Waals surface area contributed by atoms with E-state index in [0.29, 0.717) is 0 Å². The van der Waals surface area contributed by atoms with Gasteiger partial charge in [-0.05, 0) is 128 Å². The topological polar surface area (TPSA) is 63.0 Å². The van der Waals surface area contributed by atoms with Gasteiger partial charge in [-0.25, -0.2) is 24.5 Å². The van der Waals surface area contributed by atoms with Crippen LogP contribution in [0.1, 0.15) is 121 Å². The number of pyridine rings is 1. The predicted octanol–water partition coefficient (Wildman–Crippen LogP) is 11.8. The normalized spacial score (nSPS) is 18.0. The number of aromatic nitrogens is 1. The Balaban J connectivity index is 0.980. The van der Waals surface area contributed by atoms with E-state index in [9.17, 15) is 0 Å². The van der Waals surface area contributed by atoms with Gasteiger partial charge in [-0.3, -0.25) is 0 Å². The molecule has 0 aliphatic carbocycles. The number of aryl methyl sites for hydroxylation is 1. The summed E-state index contributed by atoms with van der Waals surface area (Å²) >= 11 is 0. The van der Waals surface area contributed by atoms with Crippen LogP contribution in [0.3, 0.4) is 0 Å². The summed E-state index contributed by atoms with van der Waals surface area (Å²) in [6, 6.07) is 31.7. The van der Waals surface area contributed by atoms with E-state index in [-0.39, 0.29) is 16.2 Å². The molecule has 0 fully saturated rings. The average molecular weight is 1030 g/mol. The number of hydrogen-bond donors (Lipinski definition) is 2. The SMILES string of the molecule is CN1C=CC(=C2C=CN(CCCCC[n+]3ccc(C4=C5C=CC(=N5)C(c5ccc(C(C)(C)C)cc5)=C5C=CC(=[NH+]5)C(c5ccc(C(C)(C)C)cc5)=C5C=CC(=[NH+]5)C(c5ccc(C(C)(C)C)cc5)=C5C=CC4=N5)cc3)C=C2)C=C1. The van der Waals surface area contributed by atoms with Crippen molar-refractivity contribution in [2.45, 2.75) is 104 Å². The maximum absolute atomic E-state index is 5.60. The summed E-state index contributed by atoms with van der Waals surface area (Å²) in [6.45, 7) is 22.4. The van der Waals surface area contributed by atoms with Crippen LogP contribution in [0.4, 0.5) is 0 Å². The van der Waals surface area contributed by atoms with E-state index in [1.165, 1.54) is 27.8 Å². The number of rotatable bonds is 10. The Morgan fingerprint density at radius 3 is 1.35 bits per heavy atom.